The van der Waals surface area contributed by atoms with Gasteiger partial charge in [0.1, 0.15) is 0 Å². The first-order valence-electron chi connectivity index (χ1n) is 3.09. The number of fused-ring (bicyclic) bond motifs is 1. The van der Waals surface area contributed by atoms with Gasteiger partial charge >= 0.3 is 0 Å². The second kappa shape index (κ2) is 1.77. The van der Waals surface area contributed by atoms with Gasteiger partial charge in [0.15, 0.2) is 0 Å². The van der Waals surface area contributed by atoms with Crippen LogP contribution in [-0.2, 0) is 0 Å². The highest BCUT2D eigenvalue weighted by molar-refractivity contribution is 7.16. The van der Waals surface area contributed by atoms with Crippen LogP contribution in [0.1, 0.15) is 6.42 Å². The van der Waals surface area contributed by atoms with Gasteiger partial charge in [-0.25, -0.2) is 0 Å². The highest BCUT2D eigenvalue weighted by Crippen LogP contribution is 2.17. The van der Waals surface area contributed by atoms with Gasteiger partial charge in [-0.05, 0) is 12.3 Å². The van der Waals surface area contributed by atoms with Gasteiger partial charge in [0, 0.05) is 8.65 Å². The predicted octanol–water partition coefficient (Wildman–Crippen LogP) is 0.613. The van der Waals surface area contributed by atoms with Gasteiger partial charge < -0.3 is 0 Å². The average Bonchev–Trinajstić information content (AvgIpc) is 1.92. The lowest BCUT2D eigenvalue weighted by Crippen LogP contribution is -2.28. The molecule has 2 bridgehead atoms. The van der Waals surface area contributed by atoms with Crippen molar-refractivity contribution in [3.05, 3.63) is 11.8 Å². The molecule has 1 atom stereocenters. The van der Waals surface area contributed by atoms with Crippen molar-refractivity contribution in [2.24, 2.45) is 5.92 Å². The summed E-state index contributed by atoms with van der Waals surface area (Å²) in [4.78, 5) is 0. The van der Waals surface area contributed by atoms with E-state index in [0.717, 1.165) is 5.92 Å². The number of hydrogen-bond acceptors (Lipinski definition) is 0. The van der Waals surface area contributed by atoms with Crippen LogP contribution in [0.5, 0.6) is 0 Å². The third-order valence-electron chi connectivity index (χ3n) is 1.77. The van der Waals surface area contributed by atoms with Crippen LogP contribution in [0, 0.1) is 5.92 Å². The topological polar surface area (TPSA) is 0 Å². The second-order valence-corrected chi connectivity index (χ2v) is 7.70. The van der Waals surface area contributed by atoms with Crippen molar-refractivity contribution in [3.8, 4) is 0 Å². The molecule has 0 aromatic rings. The van der Waals surface area contributed by atoms with Gasteiger partial charge in [-0.1, -0.05) is 23.5 Å². The molecule has 8 heavy (non-hydrogen) atoms. The van der Waals surface area contributed by atoms with Gasteiger partial charge in [-0.15, -0.1) is 0 Å². The lowest BCUT2D eigenvalue weighted by molar-refractivity contribution is 0.819. The van der Waals surface area contributed by atoms with Crippen LogP contribution in [0.4, 0.5) is 0 Å². The third kappa shape index (κ3) is 0.679. The Morgan fingerprint density at radius 1 is 1.62 bits per heavy atom. The molecule has 0 aromatic carbocycles. The fourth-order valence-electron chi connectivity index (χ4n) is 1.21. The SMILES string of the molecule is C1=C[Si]2CCC1C=[Si]2. The zero-order valence-corrected chi connectivity index (χ0v) is 6.72. The van der Waals surface area contributed by atoms with Gasteiger partial charge in [0.05, 0.1) is 8.31 Å². The average molecular weight is 136 g/mol. The molecule has 0 amide bonds. The first-order valence-corrected chi connectivity index (χ1v) is 6.95. The van der Waals surface area contributed by atoms with Gasteiger partial charge in [-0.3, -0.25) is 0 Å². The van der Waals surface area contributed by atoms with Gasteiger partial charge in [0.2, 0.25) is 0 Å². The van der Waals surface area contributed by atoms with Crippen LogP contribution in [0.2, 0.25) is 6.04 Å². The molecule has 3 heterocycles. The Balaban J connectivity index is 2.31. The van der Waals surface area contributed by atoms with Crippen molar-refractivity contribution < 1.29 is 0 Å². The Bertz CT molecular complexity index is 119. The molecule has 0 spiro atoms. The number of hydrogen-bond donors (Lipinski definition) is 0. The number of allylic oxidation sites excluding steroid dienone is 1. The maximum absolute atomic E-state index is 2.53. The quantitative estimate of drug-likeness (QED) is 0.428. The lowest BCUT2D eigenvalue weighted by atomic mass is 10.1. The summed E-state index contributed by atoms with van der Waals surface area (Å²) in [6.45, 7) is 0. The number of rotatable bonds is 0. The molecule has 0 saturated carbocycles. The largest absolute Gasteiger partial charge is 0.0989 e. The van der Waals surface area contributed by atoms with E-state index in [1.807, 2.05) is 0 Å². The maximum atomic E-state index is 2.53. The Labute approximate surface area is 53.4 Å². The summed E-state index contributed by atoms with van der Waals surface area (Å²) in [6, 6.07) is 1.56. The Morgan fingerprint density at radius 3 is 2.75 bits per heavy atom. The van der Waals surface area contributed by atoms with Crippen LogP contribution >= 0.6 is 0 Å². The normalized spacial score (nSPS) is 34.2. The van der Waals surface area contributed by atoms with E-state index in [1.54, 1.807) is 6.04 Å². The summed E-state index contributed by atoms with van der Waals surface area (Å²) < 4.78 is 0. The monoisotopic (exact) mass is 136 g/mol. The van der Waals surface area contributed by atoms with E-state index in [9.17, 15) is 0 Å². The zero-order chi connectivity index (χ0) is 5.40. The van der Waals surface area contributed by atoms with Crippen LogP contribution in [0.25, 0.3) is 0 Å². The molecule has 0 nitrogen and oxygen atoms in total. The van der Waals surface area contributed by atoms with E-state index < -0.39 is 0 Å². The molecule has 1 unspecified atom stereocenters. The van der Waals surface area contributed by atoms with E-state index >= 15 is 0 Å². The molecule has 2 radical (unpaired) electrons. The zero-order valence-electron chi connectivity index (χ0n) is 4.72. The van der Waals surface area contributed by atoms with Crippen molar-refractivity contribution in [1.82, 2.24) is 0 Å². The van der Waals surface area contributed by atoms with Crippen LogP contribution in [0.15, 0.2) is 11.8 Å². The molecule has 2 heteroatoms. The summed E-state index contributed by atoms with van der Waals surface area (Å²) in [7, 11) is 1.30. The highest BCUT2D eigenvalue weighted by Gasteiger charge is 2.17. The van der Waals surface area contributed by atoms with Crippen LogP contribution < -0.4 is 0 Å². The highest BCUT2D eigenvalue weighted by atomic mass is 29.2. The maximum Gasteiger partial charge on any atom is 0.0855 e. The van der Waals surface area contributed by atoms with Crippen molar-refractivity contribution >= 4 is 22.6 Å². The van der Waals surface area contributed by atoms with E-state index in [2.05, 4.69) is 17.4 Å². The summed E-state index contributed by atoms with van der Waals surface area (Å²) in [5, 5.41) is 0. The Morgan fingerprint density at radius 2 is 2.62 bits per heavy atom. The standard InChI is InChI=1S/C6H8Si2/c1-3-8-4-2-6(1)5-7-8/h1,3,5-6H,2,4H2. The summed E-state index contributed by atoms with van der Waals surface area (Å²) >= 11 is 0. The minimum Gasteiger partial charge on any atom is -0.0989 e. The van der Waals surface area contributed by atoms with Crippen molar-refractivity contribution in [2.45, 2.75) is 12.5 Å². The third-order valence-corrected chi connectivity index (χ3v) is 7.02. The van der Waals surface area contributed by atoms with Crippen molar-refractivity contribution in [3.63, 3.8) is 0 Å². The molecule has 3 aliphatic heterocycles. The first-order chi connectivity index (χ1) is 3.95. The molecule has 3 aliphatic rings. The summed E-state index contributed by atoms with van der Waals surface area (Å²) in [5.41, 5.74) is 5.02. The molecular formula is C6H8Si2. The van der Waals surface area contributed by atoms with E-state index in [-0.39, 0.29) is 8.31 Å². The molecule has 0 N–H and O–H groups in total. The molecule has 40 valence electrons. The molecule has 0 saturated heterocycles. The summed E-state index contributed by atoms with van der Waals surface area (Å²) in [6.07, 6.45) is 3.88. The molecule has 3 rings (SSSR count). The lowest BCUT2D eigenvalue weighted by Gasteiger charge is -2.21. The van der Waals surface area contributed by atoms with Crippen LogP contribution in [0.3, 0.4) is 0 Å². The van der Waals surface area contributed by atoms with Gasteiger partial charge in [-0.2, -0.15) is 0 Å². The Kier molecular flexibility index (Phi) is 1.08. The molecule has 0 aliphatic carbocycles. The van der Waals surface area contributed by atoms with Gasteiger partial charge in [0.25, 0.3) is 0 Å². The minimum absolute atomic E-state index is 0.0702. The second-order valence-electron chi connectivity index (χ2n) is 2.40. The van der Waals surface area contributed by atoms with Crippen molar-refractivity contribution in [1.29, 1.82) is 0 Å². The fraction of sp³-hybridized carbons (Fsp3) is 0.500. The fourth-order valence-corrected chi connectivity index (χ4v) is 6.18. The van der Waals surface area contributed by atoms with E-state index in [4.69, 9.17) is 0 Å². The van der Waals surface area contributed by atoms with Crippen molar-refractivity contribution in [2.75, 3.05) is 0 Å². The molecule has 0 fully saturated rings. The van der Waals surface area contributed by atoms with Crippen LogP contribution in [-0.4, -0.2) is 22.6 Å². The molecule has 0 aromatic heterocycles. The summed E-state index contributed by atoms with van der Waals surface area (Å²) in [5.74, 6) is 0.885. The predicted molar refractivity (Wildman–Crippen MR) is 39.6 cm³/mol. The first kappa shape index (κ1) is 4.88. The van der Waals surface area contributed by atoms with E-state index in [0.29, 0.717) is 0 Å². The minimum atomic E-state index is 0.0702. The Hall–Kier alpha value is 0.0438. The molecular weight excluding hydrogens is 128 g/mol. The smallest absolute Gasteiger partial charge is 0.0855 e. The van der Waals surface area contributed by atoms with E-state index in [1.165, 1.54) is 15.1 Å².